The maximum atomic E-state index is 13.8. The maximum absolute atomic E-state index is 13.8. The highest BCUT2D eigenvalue weighted by molar-refractivity contribution is 7.80. The minimum absolute atomic E-state index is 0.0418. The van der Waals surface area contributed by atoms with Gasteiger partial charge in [-0.3, -0.25) is 72.1 Å². The summed E-state index contributed by atoms with van der Waals surface area (Å²) in [7, 11) is 0. The molecule has 94 heavy (non-hydrogen) atoms. The highest BCUT2D eigenvalue weighted by Crippen LogP contribution is 2.13. The lowest BCUT2D eigenvalue weighted by Crippen LogP contribution is -2.63. The van der Waals surface area contributed by atoms with Crippen molar-refractivity contribution in [1.29, 1.82) is 0 Å². The van der Waals surface area contributed by atoms with Crippen LogP contribution in [0.5, 0.6) is 0 Å². The van der Waals surface area contributed by atoms with Gasteiger partial charge in [-0.1, -0.05) is 48.0 Å². The largest absolute Gasteiger partial charge is 0.481 e. The van der Waals surface area contributed by atoms with E-state index in [4.69, 9.17) is 22.3 Å². The van der Waals surface area contributed by atoms with Gasteiger partial charge in [0.25, 0.3) is 0 Å². The monoisotopic (exact) mass is 1380 g/mol. The summed E-state index contributed by atoms with van der Waals surface area (Å²) in [6, 6.07) is -19.4. The van der Waals surface area contributed by atoms with E-state index in [2.05, 4.69) is 99.4 Å². The number of carbonyl (C=O) groups excluding carboxylic acids is 13. The molecule has 0 aromatic carbocycles. The minimum Gasteiger partial charge on any atom is -0.481 e. The van der Waals surface area contributed by atoms with E-state index in [-0.39, 0.29) is 31.8 Å². The summed E-state index contributed by atoms with van der Waals surface area (Å²) in [6.45, 7) is 6.71. The number of hydrogen-bond acceptors (Lipinski definition) is 24. The Balaban J connectivity index is 5.95. The van der Waals surface area contributed by atoms with Gasteiger partial charge in [0.1, 0.15) is 72.5 Å². The molecular weight excluding hydrogens is 1290 g/mol. The predicted octanol–water partition coefficient (Wildman–Crippen LogP) is -11.6. The Morgan fingerprint density at radius 2 is 0.798 bits per heavy atom. The first-order chi connectivity index (χ1) is 43.8. The van der Waals surface area contributed by atoms with Gasteiger partial charge in [0.05, 0.1) is 51.5 Å². The van der Waals surface area contributed by atoms with Crippen LogP contribution in [-0.4, -0.2) is 266 Å². The molecule has 0 saturated heterocycles. The van der Waals surface area contributed by atoms with Gasteiger partial charge in [-0.15, -0.1) is 0 Å². The normalized spacial score (nSPS) is 15.9. The number of carboxylic acids is 2. The number of amides is 13. The summed E-state index contributed by atoms with van der Waals surface area (Å²) in [6.07, 6.45) is -4.08. The number of hydrogen-bond donors (Lipinski definition) is 25. The average molecular weight is 1380 g/mol. The van der Waals surface area contributed by atoms with Crippen LogP contribution in [-0.2, 0) is 71.9 Å². The van der Waals surface area contributed by atoms with Gasteiger partial charge in [0.2, 0.25) is 76.8 Å². The molecule has 39 nitrogen and oxygen atoms in total. The lowest BCUT2D eigenvalue weighted by molar-refractivity contribution is -0.143. The first-order valence-electron chi connectivity index (χ1n) is 29.4. The number of thiol groups is 2. The van der Waals surface area contributed by atoms with E-state index in [1.165, 1.54) is 27.7 Å². The molecule has 0 aliphatic carbocycles. The zero-order valence-corrected chi connectivity index (χ0v) is 54.9. The van der Waals surface area contributed by atoms with Crippen molar-refractivity contribution in [2.24, 2.45) is 39.9 Å². The number of carboxylic acid groups (broad SMARTS) is 2. The summed E-state index contributed by atoms with van der Waals surface area (Å²) in [5.74, 6) is -20.5. The Kier molecular flexibility index (Phi) is 39.8. The van der Waals surface area contributed by atoms with E-state index in [1.807, 2.05) is 0 Å². The molecule has 41 heteroatoms. The van der Waals surface area contributed by atoms with Crippen LogP contribution in [0.4, 0.5) is 0 Å². The van der Waals surface area contributed by atoms with Crippen molar-refractivity contribution in [3.63, 3.8) is 0 Å². The molecule has 0 unspecified atom stereocenters. The van der Waals surface area contributed by atoms with Gasteiger partial charge < -0.3 is 122 Å². The third-order valence-corrected chi connectivity index (χ3v) is 14.4. The van der Waals surface area contributed by atoms with Crippen LogP contribution in [0.15, 0.2) is 4.99 Å². The molecule has 0 heterocycles. The number of rotatable bonds is 44. The Morgan fingerprint density at radius 1 is 0.436 bits per heavy atom. The molecule has 0 aliphatic rings. The highest BCUT2D eigenvalue weighted by atomic mass is 32.1. The standard InChI is InChI=1S/C53H93N17O22S2/c1-9-23(6)38(49(88)70-39(24(7)74)50(89)61-27(52(91)92)11-10-12-57-53(55)56)68-47(86)36(21(2)3)66-34(77)15-58-42(81)28(13-35(78)79)60-33(76)14-59-43(82)31(19-93)65-51(90)40(25(8)75)69-48(87)37(22(4)5)67-45(84)30(18-73)63-46(85)32(20-94)64-44(83)29(17-72)62-41(80)26(54)16-71/h21-32,36-40,71-75,93-94H,9-20,54H2,1-8H3,(H,58,81)(H,59,82)(H,60,76)(H,61,89)(H,62,80)(H,63,85)(H,64,83)(H,65,90)(H,66,77)(H,67,84)(H,68,86)(H,69,87)(H,70,88)(H,78,79)(H,91,92)(H4,55,56,57)/t23-,24+,25+,26-,27-,28-,29-,30-,31-,32-,36-,37-,38-,39-,40-/m0/s1. The third kappa shape index (κ3) is 30.7. The van der Waals surface area contributed by atoms with E-state index in [0.29, 0.717) is 0 Å². The zero-order chi connectivity index (χ0) is 72.4. The van der Waals surface area contributed by atoms with Gasteiger partial charge in [-0.25, -0.2) is 4.79 Å². The van der Waals surface area contributed by atoms with Gasteiger partial charge in [0.15, 0.2) is 5.96 Å². The second-order valence-electron chi connectivity index (χ2n) is 22.1. The van der Waals surface area contributed by atoms with E-state index >= 15 is 0 Å². The number of guanidine groups is 1. The molecule has 534 valence electrons. The Morgan fingerprint density at radius 3 is 1.21 bits per heavy atom. The van der Waals surface area contributed by atoms with Crippen molar-refractivity contribution in [2.75, 3.05) is 51.0 Å². The molecule has 0 rings (SSSR count). The van der Waals surface area contributed by atoms with Crippen molar-refractivity contribution >= 4 is 120 Å². The van der Waals surface area contributed by atoms with Gasteiger partial charge in [0, 0.05) is 18.1 Å². The Bertz CT molecular complexity index is 2660. The topological polar surface area (TPSA) is 644 Å². The number of aliphatic hydroxyl groups excluding tert-OH is 5. The van der Waals surface area contributed by atoms with Crippen LogP contribution in [0.3, 0.4) is 0 Å². The first kappa shape index (κ1) is 85.8. The summed E-state index contributed by atoms with van der Waals surface area (Å²) < 4.78 is 0. The van der Waals surface area contributed by atoms with Crippen LogP contribution in [0.1, 0.15) is 81.1 Å². The highest BCUT2D eigenvalue weighted by Gasteiger charge is 2.39. The predicted molar refractivity (Wildman–Crippen MR) is 336 cm³/mol. The summed E-state index contributed by atoms with van der Waals surface area (Å²) in [5.41, 5.74) is 16.0. The smallest absolute Gasteiger partial charge is 0.326 e. The second-order valence-corrected chi connectivity index (χ2v) is 22.8. The average Bonchev–Trinajstić information content (AvgIpc) is 1.03. The second kappa shape index (κ2) is 43.6. The zero-order valence-electron chi connectivity index (χ0n) is 53.1. The summed E-state index contributed by atoms with van der Waals surface area (Å²) in [5, 5.41) is 98.1. The quantitative estimate of drug-likeness (QED) is 0.0117. The molecule has 0 aromatic rings. The van der Waals surface area contributed by atoms with Crippen molar-refractivity contribution in [1.82, 2.24) is 69.1 Å². The molecule has 26 N–H and O–H groups in total. The maximum Gasteiger partial charge on any atom is 0.326 e. The van der Waals surface area contributed by atoms with Crippen molar-refractivity contribution in [2.45, 2.75) is 166 Å². The number of aliphatic imine (C=N–C) groups is 1. The molecule has 0 spiro atoms. The fourth-order valence-electron chi connectivity index (χ4n) is 7.97. The molecule has 0 bridgehead atoms. The SMILES string of the molecule is CC[C@H](C)[C@H](NC(=O)[C@@H](NC(=O)CNC(=O)[C@H](CC(=O)O)NC(=O)CNC(=O)[C@H](CS)NC(=O)[C@@H](NC(=O)[C@@H](NC(=O)[C@H](CO)NC(=O)[C@H](CS)NC(=O)[C@H](CO)NC(=O)[C@@H](N)CO)C(C)C)[C@@H](C)O)C(C)C)C(=O)N[C@H](C(=O)N[C@@H](CCCN=C(N)N)C(=O)O)[C@@H](C)O. The molecule has 0 radical (unpaired) electrons. The Hall–Kier alpha value is -8.22. The summed E-state index contributed by atoms with van der Waals surface area (Å²) in [4.78, 5) is 199. The molecule has 13 amide bonds. The minimum atomic E-state index is -1.89. The van der Waals surface area contributed by atoms with E-state index in [1.54, 1.807) is 13.8 Å². The molecule has 0 saturated carbocycles. The Labute approximate surface area is 551 Å². The molecule has 0 aromatic heterocycles. The van der Waals surface area contributed by atoms with Crippen molar-refractivity contribution in [3.05, 3.63) is 0 Å². The summed E-state index contributed by atoms with van der Waals surface area (Å²) >= 11 is 8.06. The first-order valence-corrected chi connectivity index (χ1v) is 30.7. The number of aliphatic hydroxyl groups is 5. The van der Waals surface area contributed by atoms with E-state index < -0.39 is 242 Å². The van der Waals surface area contributed by atoms with E-state index in [0.717, 1.165) is 13.8 Å². The van der Waals surface area contributed by atoms with Crippen LogP contribution in [0.2, 0.25) is 0 Å². The number of aliphatic carboxylic acids is 2. The number of carbonyl (C=O) groups is 15. The van der Waals surface area contributed by atoms with E-state index in [9.17, 15) is 103 Å². The van der Waals surface area contributed by atoms with Crippen LogP contribution in [0.25, 0.3) is 0 Å². The molecule has 0 aliphatic heterocycles. The van der Waals surface area contributed by atoms with Crippen LogP contribution < -0.4 is 86.3 Å². The van der Waals surface area contributed by atoms with Gasteiger partial charge in [-0.05, 0) is 44.4 Å². The number of nitrogens with zero attached hydrogens (tertiary/aromatic N) is 1. The van der Waals surface area contributed by atoms with Crippen molar-refractivity contribution < 1.29 is 108 Å². The van der Waals surface area contributed by atoms with Gasteiger partial charge >= 0.3 is 11.9 Å². The molecule has 15 atom stereocenters. The fourth-order valence-corrected chi connectivity index (χ4v) is 8.48. The van der Waals surface area contributed by atoms with Crippen molar-refractivity contribution in [3.8, 4) is 0 Å². The van der Waals surface area contributed by atoms with Crippen LogP contribution >= 0.6 is 25.3 Å². The molecule has 0 fully saturated rings. The van der Waals surface area contributed by atoms with Gasteiger partial charge in [-0.2, -0.15) is 25.3 Å². The van der Waals surface area contributed by atoms with Crippen LogP contribution in [0, 0.1) is 17.8 Å². The lowest BCUT2D eigenvalue weighted by Gasteiger charge is -2.30. The number of nitrogens with two attached hydrogens (primary N) is 3. The number of nitrogens with one attached hydrogen (secondary N) is 13. The third-order valence-electron chi connectivity index (χ3n) is 13.7. The fraction of sp³-hybridized carbons (Fsp3) is 0.698. The lowest BCUT2D eigenvalue weighted by atomic mass is 9.96. The molecular formula is C53H93N17O22S2.